The minimum absolute atomic E-state index is 1.20. The molecule has 94 valence electrons. The number of terminal acetylenes is 1. The molecule has 0 aromatic heterocycles. The molecule has 0 rings (SSSR count). The van der Waals surface area contributed by atoms with Crippen LogP contribution in [0.15, 0.2) is 0 Å². The molecule has 0 N–H and O–H groups in total. The van der Waals surface area contributed by atoms with Gasteiger partial charge in [0.15, 0.2) is 0 Å². The normalized spacial score (nSPS) is 11.4. The van der Waals surface area contributed by atoms with Crippen LogP contribution < -0.4 is 0 Å². The molecule has 0 nitrogen and oxygen atoms in total. The first kappa shape index (κ1) is 16.4. The van der Waals surface area contributed by atoms with Gasteiger partial charge >= 0.3 is 108 Å². The molecular formula is C15H30Sn. The van der Waals surface area contributed by atoms with E-state index >= 15 is 0 Å². The number of hydrogen-bond donors (Lipinski definition) is 0. The van der Waals surface area contributed by atoms with Crippen molar-refractivity contribution in [3.63, 3.8) is 0 Å². The van der Waals surface area contributed by atoms with Crippen LogP contribution in [0.1, 0.15) is 59.3 Å². The Morgan fingerprint density at radius 1 is 0.812 bits per heavy atom. The Morgan fingerprint density at radius 2 is 1.19 bits per heavy atom. The topological polar surface area (TPSA) is 0 Å². The third-order valence-corrected chi connectivity index (χ3v) is 18.5. The van der Waals surface area contributed by atoms with Gasteiger partial charge in [0.25, 0.3) is 0 Å². The van der Waals surface area contributed by atoms with Gasteiger partial charge in [-0.2, -0.15) is 0 Å². The van der Waals surface area contributed by atoms with Crippen LogP contribution in [0.3, 0.4) is 0 Å². The Kier molecular flexibility index (Phi) is 10.7. The number of hydrogen-bond acceptors (Lipinski definition) is 0. The fourth-order valence-electron chi connectivity index (χ4n) is 2.51. The third kappa shape index (κ3) is 6.84. The molecule has 0 bridgehead atoms. The molecule has 0 saturated heterocycles. The molecule has 0 radical (unpaired) electrons. The molecular weight excluding hydrogens is 299 g/mol. The molecule has 0 aliphatic carbocycles. The molecule has 0 aromatic rings. The van der Waals surface area contributed by atoms with Gasteiger partial charge in [-0.3, -0.25) is 0 Å². The average Bonchev–Trinajstić information content (AvgIpc) is 2.31. The predicted molar refractivity (Wildman–Crippen MR) is 78.5 cm³/mol. The van der Waals surface area contributed by atoms with Gasteiger partial charge in [0.05, 0.1) is 0 Å². The van der Waals surface area contributed by atoms with Crippen LogP contribution in [0, 0.1) is 12.3 Å². The molecule has 0 heterocycles. The fourth-order valence-corrected chi connectivity index (χ4v) is 16.9. The van der Waals surface area contributed by atoms with Gasteiger partial charge in [0.2, 0.25) is 0 Å². The van der Waals surface area contributed by atoms with Gasteiger partial charge in [-0.25, -0.2) is 0 Å². The summed E-state index contributed by atoms with van der Waals surface area (Å²) in [5.41, 5.74) is 0. The number of rotatable bonds is 10. The Bertz CT molecular complexity index is 168. The molecule has 0 spiro atoms. The van der Waals surface area contributed by atoms with Gasteiger partial charge in [-0.1, -0.05) is 0 Å². The van der Waals surface area contributed by atoms with E-state index < -0.39 is 18.4 Å². The number of unbranched alkanes of at least 4 members (excludes halogenated alkanes) is 3. The molecule has 0 aliphatic heterocycles. The molecule has 0 aromatic carbocycles. The van der Waals surface area contributed by atoms with Crippen molar-refractivity contribution >= 4 is 18.4 Å². The summed E-state index contributed by atoms with van der Waals surface area (Å²) in [5.74, 6) is 3.03. The zero-order chi connectivity index (χ0) is 12.3. The van der Waals surface area contributed by atoms with E-state index in [0.29, 0.717) is 0 Å². The van der Waals surface area contributed by atoms with Gasteiger partial charge in [0.1, 0.15) is 0 Å². The van der Waals surface area contributed by atoms with Crippen LogP contribution in [0.4, 0.5) is 0 Å². The molecule has 0 atom stereocenters. The summed E-state index contributed by atoms with van der Waals surface area (Å²) in [6.07, 6.45) is 14.0. The van der Waals surface area contributed by atoms with Crippen molar-refractivity contribution in [3.8, 4) is 12.3 Å². The zero-order valence-electron chi connectivity index (χ0n) is 11.6. The molecule has 0 fully saturated rings. The minimum atomic E-state index is -1.90. The van der Waals surface area contributed by atoms with Gasteiger partial charge in [-0.05, 0) is 0 Å². The maximum absolute atomic E-state index is 5.63. The molecule has 1 heteroatoms. The summed E-state index contributed by atoms with van der Waals surface area (Å²) in [7, 11) is 0. The molecule has 0 unspecified atom stereocenters. The van der Waals surface area contributed by atoms with E-state index in [-0.39, 0.29) is 0 Å². The summed E-state index contributed by atoms with van der Waals surface area (Å²) in [4.78, 5) is 0. The van der Waals surface area contributed by atoms with Crippen LogP contribution in [-0.2, 0) is 0 Å². The van der Waals surface area contributed by atoms with E-state index in [1.807, 2.05) is 0 Å². The standard InChI is InChI=1S/3C4H9.C3H3.Sn/c3*1-3-4-2;1-3-2;/h3*1,3-4H2,2H3;1H,2H2;. The van der Waals surface area contributed by atoms with E-state index in [2.05, 4.69) is 26.7 Å². The van der Waals surface area contributed by atoms with Crippen molar-refractivity contribution in [2.24, 2.45) is 0 Å². The van der Waals surface area contributed by atoms with Crippen molar-refractivity contribution in [1.29, 1.82) is 0 Å². The molecule has 0 amide bonds. The van der Waals surface area contributed by atoms with Crippen molar-refractivity contribution in [2.75, 3.05) is 0 Å². The van der Waals surface area contributed by atoms with Crippen LogP contribution in [0.25, 0.3) is 0 Å². The van der Waals surface area contributed by atoms with E-state index in [4.69, 9.17) is 6.42 Å². The maximum atomic E-state index is 5.63. The first-order valence-corrected chi connectivity index (χ1v) is 15.3. The summed E-state index contributed by atoms with van der Waals surface area (Å²) >= 11 is -1.90. The first-order chi connectivity index (χ1) is 7.74. The summed E-state index contributed by atoms with van der Waals surface area (Å²) in [5, 5.41) is 0. The van der Waals surface area contributed by atoms with Gasteiger partial charge in [-0.15, -0.1) is 0 Å². The fraction of sp³-hybridized carbons (Fsp3) is 0.867. The Balaban J connectivity index is 4.39. The molecule has 0 aliphatic rings. The van der Waals surface area contributed by atoms with Crippen molar-refractivity contribution in [3.05, 3.63) is 0 Å². The summed E-state index contributed by atoms with van der Waals surface area (Å²) < 4.78 is 5.86. The van der Waals surface area contributed by atoms with Crippen molar-refractivity contribution < 1.29 is 0 Å². The van der Waals surface area contributed by atoms with Crippen LogP contribution >= 0.6 is 0 Å². The first-order valence-electron chi connectivity index (χ1n) is 7.18. The summed E-state index contributed by atoms with van der Waals surface area (Å²) in [6, 6.07) is 0. The Hall–Kier alpha value is 0.359. The van der Waals surface area contributed by atoms with Crippen LogP contribution in [-0.4, -0.2) is 18.4 Å². The molecule has 0 saturated carbocycles. The Labute approximate surface area is 107 Å². The summed E-state index contributed by atoms with van der Waals surface area (Å²) in [6.45, 7) is 6.93. The third-order valence-electron chi connectivity index (χ3n) is 3.66. The van der Waals surface area contributed by atoms with Crippen LogP contribution in [0.5, 0.6) is 0 Å². The second kappa shape index (κ2) is 10.5. The van der Waals surface area contributed by atoms with E-state index in [0.717, 1.165) is 0 Å². The van der Waals surface area contributed by atoms with E-state index in [1.165, 1.54) is 43.0 Å². The average molecular weight is 329 g/mol. The van der Waals surface area contributed by atoms with Gasteiger partial charge in [0, 0.05) is 0 Å². The monoisotopic (exact) mass is 330 g/mol. The van der Waals surface area contributed by atoms with E-state index in [9.17, 15) is 0 Å². The van der Waals surface area contributed by atoms with Crippen molar-refractivity contribution in [1.82, 2.24) is 0 Å². The second-order valence-electron chi connectivity index (χ2n) is 5.19. The van der Waals surface area contributed by atoms with E-state index in [1.54, 1.807) is 13.3 Å². The Morgan fingerprint density at radius 3 is 1.44 bits per heavy atom. The zero-order valence-corrected chi connectivity index (χ0v) is 14.5. The molecule has 16 heavy (non-hydrogen) atoms. The second-order valence-corrected chi connectivity index (χ2v) is 19.0. The predicted octanol–water partition coefficient (Wildman–Crippen LogP) is 5.47. The SMILES string of the molecule is C#C[CH2][Sn]([CH2]CCC)([CH2]CCC)[CH2]CCC. The quantitative estimate of drug-likeness (QED) is 0.368. The van der Waals surface area contributed by atoms with Crippen LogP contribution in [0.2, 0.25) is 17.7 Å². The van der Waals surface area contributed by atoms with Crippen molar-refractivity contribution in [2.45, 2.75) is 77.0 Å². The van der Waals surface area contributed by atoms with Gasteiger partial charge < -0.3 is 0 Å².